The molecule has 8 nitrogen and oxygen atoms in total. The number of amides is 2. The molecule has 1 aromatic carbocycles. The van der Waals surface area contributed by atoms with Crippen LogP contribution < -0.4 is 0 Å². The largest absolute Gasteiger partial charge is 0.466 e. The second kappa shape index (κ2) is 9.03. The summed E-state index contributed by atoms with van der Waals surface area (Å²) in [6.07, 6.45) is 2.31. The first-order valence-corrected chi connectivity index (χ1v) is 11.2. The molecule has 0 aliphatic carbocycles. The molecule has 4 rings (SSSR count). The molecule has 1 N–H and O–H groups in total. The number of carbonyl (C=O) groups excluding carboxylic acids is 3. The summed E-state index contributed by atoms with van der Waals surface area (Å²) < 4.78 is 11.5. The van der Waals surface area contributed by atoms with E-state index in [2.05, 4.69) is 6.58 Å². The highest BCUT2D eigenvalue weighted by atomic mass is 16.6. The van der Waals surface area contributed by atoms with Gasteiger partial charge in [0.25, 0.3) is 0 Å². The van der Waals surface area contributed by atoms with Crippen LogP contribution in [0.15, 0.2) is 43.0 Å². The summed E-state index contributed by atoms with van der Waals surface area (Å²) in [5.74, 6) is -2.54. The Morgan fingerprint density at radius 2 is 2.12 bits per heavy atom. The van der Waals surface area contributed by atoms with Crippen LogP contribution in [-0.4, -0.2) is 76.7 Å². The van der Waals surface area contributed by atoms with Gasteiger partial charge < -0.3 is 24.4 Å². The highest BCUT2D eigenvalue weighted by Gasteiger charge is 2.75. The molecule has 2 amide bonds. The second-order valence-electron chi connectivity index (χ2n) is 8.56. The van der Waals surface area contributed by atoms with Crippen LogP contribution in [0.3, 0.4) is 0 Å². The van der Waals surface area contributed by atoms with Crippen LogP contribution in [0.4, 0.5) is 0 Å². The first-order chi connectivity index (χ1) is 15.5. The number of aliphatic hydroxyl groups excluding tert-OH is 1. The van der Waals surface area contributed by atoms with Gasteiger partial charge in [0.05, 0.1) is 31.2 Å². The predicted molar refractivity (Wildman–Crippen MR) is 115 cm³/mol. The number of rotatable bonds is 9. The number of hydrogen-bond donors (Lipinski definition) is 1. The number of esters is 1. The maximum absolute atomic E-state index is 13.9. The van der Waals surface area contributed by atoms with E-state index in [4.69, 9.17) is 9.47 Å². The maximum atomic E-state index is 13.9. The Balaban J connectivity index is 1.69. The molecular formula is C24H30N2O6. The van der Waals surface area contributed by atoms with Gasteiger partial charge in [-0.15, -0.1) is 6.58 Å². The minimum atomic E-state index is -1.08. The van der Waals surface area contributed by atoms with Crippen LogP contribution in [-0.2, 0) is 30.4 Å². The molecule has 172 valence electrons. The van der Waals surface area contributed by atoms with Gasteiger partial charge in [-0.3, -0.25) is 14.4 Å². The number of benzene rings is 1. The van der Waals surface area contributed by atoms with Crippen LogP contribution in [0.5, 0.6) is 0 Å². The van der Waals surface area contributed by atoms with Gasteiger partial charge in [0, 0.05) is 19.6 Å². The summed E-state index contributed by atoms with van der Waals surface area (Å²) in [6.45, 7) is 6.09. The third kappa shape index (κ3) is 3.51. The van der Waals surface area contributed by atoms with Gasteiger partial charge in [-0.1, -0.05) is 36.4 Å². The van der Waals surface area contributed by atoms with Gasteiger partial charge in [0.15, 0.2) is 0 Å². The number of nitrogens with zero attached hydrogens (tertiary/aromatic N) is 2. The van der Waals surface area contributed by atoms with Crippen molar-refractivity contribution in [2.75, 3.05) is 26.3 Å². The van der Waals surface area contributed by atoms with Gasteiger partial charge in [-0.25, -0.2) is 0 Å². The minimum absolute atomic E-state index is 0.00429. The summed E-state index contributed by atoms with van der Waals surface area (Å²) in [5.41, 5.74) is -0.127. The van der Waals surface area contributed by atoms with Crippen molar-refractivity contribution in [3.8, 4) is 0 Å². The molecule has 3 aliphatic rings. The van der Waals surface area contributed by atoms with Crippen LogP contribution in [0.25, 0.3) is 0 Å². The predicted octanol–water partition coefficient (Wildman–Crippen LogP) is 1.13. The first-order valence-electron chi connectivity index (χ1n) is 11.2. The highest BCUT2D eigenvalue weighted by molar-refractivity contribution is 5.98. The number of carbonyl (C=O) groups is 3. The van der Waals surface area contributed by atoms with Crippen molar-refractivity contribution in [3.63, 3.8) is 0 Å². The van der Waals surface area contributed by atoms with Gasteiger partial charge in [-0.05, 0) is 25.3 Å². The maximum Gasteiger partial charge on any atom is 0.312 e. The van der Waals surface area contributed by atoms with Crippen molar-refractivity contribution in [1.82, 2.24) is 9.80 Å². The normalized spacial score (nSPS) is 30.3. The summed E-state index contributed by atoms with van der Waals surface area (Å²) in [4.78, 5) is 43.1. The lowest BCUT2D eigenvalue weighted by atomic mass is 9.70. The molecule has 3 fully saturated rings. The number of aliphatic hydroxyl groups is 1. The summed E-state index contributed by atoms with van der Waals surface area (Å²) in [5, 5.41) is 9.64. The minimum Gasteiger partial charge on any atom is -0.466 e. The number of β-amino-alcohol motifs (C(OH)–C–C–N with tert-alkyl or cyclic N) is 1. The average molecular weight is 443 g/mol. The molecule has 1 aromatic rings. The molecular weight excluding hydrogens is 412 g/mol. The van der Waals surface area contributed by atoms with Gasteiger partial charge in [0.2, 0.25) is 11.8 Å². The van der Waals surface area contributed by atoms with Crippen molar-refractivity contribution in [2.24, 2.45) is 11.8 Å². The van der Waals surface area contributed by atoms with E-state index >= 15 is 0 Å². The molecule has 3 aliphatic heterocycles. The summed E-state index contributed by atoms with van der Waals surface area (Å²) in [6, 6.07) is 8.69. The molecule has 32 heavy (non-hydrogen) atoms. The Kier molecular flexibility index (Phi) is 6.35. The molecule has 8 heteroatoms. The lowest BCUT2D eigenvalue weighted by molar-refractivity contribution is -0.155. The van der Waals surface area contributed by atoms with E-state index < -0.39 is 35.6 Å². The quantitative estimate of drug-likeness (QED) is 0.455. The van der Waals surface area contributed by atoms with Crippen molar-refractivity contribution in [2.45, 2.75) is 44.1 Å². The lowest BCUT2D eigenvalue weighted by Crippen LogP contribution is -2.56. The van der Waals surface area contributed by atoms with Gasteiger partial charge in [-0.2, -0.15) is 0 Å². The molecule has 2 unspecified atom stereocenters. The lowest BCUT2D eigenvalue weighted by Gasteiger charge is -2.36. The Hall–Kier alpha value is -2.71. The van der Waals surface area contributed by atoms with E-state index in [0.29, 0.717) is 25.9 Å². The van der Waals surface area contributed by atoms with Crippen molar-refractivity contribution >= 4 is 17.8 Å². The fourth-order valence-corrected chi connectivity index (χ4v) is 5.65. The van der Waals surface area contributed by atoms with E-state index in [1.807, 2.05) is 30.3 Å². The molecule has 0 saturated carbocycles. The standard InChI is InChI=1S/C24H30N2O6/c1-3-12-25(15-16-8-6-5-7-9-16)22(29)20-24-11-10-17(32-24)18(23(30)31-4-2)19(24)21(28)26(20)13-14-27/h3,5-9,17-20,27H,1,4,10-15H2,2H3/t17-,18+,19+,20?,24?/m1/s1. The van der Waals surface area contributed by atoms with Crippen molar-refractivity contribution in [3.05, 3.63) is 48.6 Å². The van der Waals surface area contributed by atoms with E-state index in [1.54, 1.807) is 17.9 Å². The van der Waals surface area contributed by atoms with Crippen molar-refractivity contribution < 1.29 is 29.0 Å². The van der Waals surface area contributed by atoms with Crippen LogP contribution in [0.2, 0.25) is 0 Å². The van der Waals surface area contributed by atoms with E-state index in [0.717, 1.165) is 5.56 Å². The van der Waals surface area contributed by atoms with Gasteiger partial charge >= 0.3 is 5.97 Å². The number of ether oxygens (including phenoxy) is 2. The summed E-state index contributed by atoms with van der Waals surface area (Å²) in [7, 11) is 0. The zero-order valence-corrected chi connectivity index (χ0v) is 18.3. The topological polar surface area (TPSA) is 96.4 Å². The molecule has 1 spiro atoms. The summed E-state index contributed by atoms with van der Waals surface area (Å²) >= 11 is 0. The molecule has 2 bridgehead atoms. The smallest absolute Gasteiger partial charge is 0.312 e. The third-order valence-electron chi connectivity index (χ3n) is 6.81. The van der Waals surface area contributed by atoms with Crippen LogP contribution >= 0.6 is 0 Å². The SMILES string of the molecule is C=CCN(Cc1ccccc1)C(=O)C1N(CCO)C(=O)[C@@H]2[C@@H](C(=O)OCC)[C@H]3CCC12O3. The number of hydrogen-bond acceptors (Lipinski definition) is 6. The van der Waals surface area contributed by atoms with Crippen LogP contribution in [0.1, 0.15) is 25.3 Å². The van der Waals surface area contributed by atoms with E-state index in [1.165, 1.54) is 4.90 Å². The Morgan fingerprint density at radius 3 is 2.78 bits per heavy atom. The van der Waals surface area contributed by atoms with Crippen molar-refractivity contribution in [1.29, 1.82) is 0 Å². The van der Waals surface area contributed by atoms with E-state index in [9.17, 15) is 19.5 Å². The molecule has 5 atom stereocenters. The zero-order valence-electron chi connectivity index (χ0n) is 18.3. The van der Waals surface area contributed by atoms with Gasteiger partial charge in [0.1, 0.15) is 11.6 Å². The molecule has 0 radical (unpaired) electrons. The van der Waals surface area contributed by atoms with E-state index in [-0.39, 0.29) is 31.6 Å². The fraction of sp³-hybridized carbons (Fsp3) is 0.542. The Morgan fingerprint density at radius 1 is 1.38 bits per heavy atom. The average Bonchev–Trinajstić information content (AvgIpc) is 3.42. The molecule has 3 heterocycles. The molecule has 0 aromatic heterocycles. The highest BCUT2D eigenvalue weighted by Crippen LogP contribution is 2.58. The number of likely N-dealkylation sites (tertiary alicyclic amines) is 1. The number of fused-ring (bicyclic) bond motifs is 1. The monoisotopic (exact) mass is 442 g/mol. The second-order valence-corrected chi connectivity index (χ2v) is 8.56. The third-order valence-corrected chi connectivity index (χ3v) is 6.81. The Labute approximate surface area is 187 Å². The van der Waals surface area contributed by atoms with Crippen LogP contribution in [0, 0.1) is 11.8 Å². The first kappa shape index (κ1) is 22.5. The zero-order chi connectivity index (χ0) is 22.9. The molecule has 3 saturated heterocycles. The fourth-order valence-electron chi connectivity index (χ4n) is 5.65. The Bertz CT molecular complexity index is 890.